The number of nitrogens with zero attached hydrogens (tertiary/aromatic N) is 2. The van der Waals surface area contributed by atoms with E-state index in [0.29, 0.717) is 23.9 Å². The minimum atomic E-state index is 0.0523. The van der Waals surface area contributed by atoms with Crippen molar-refractivity contribution < 1.29 is 9.53 Å². The predicted octanol–water partition coefficient (Wildman–Crippen LogP) is 3.89. The Labute approximate surface area is 137 Å². The molecule has 1 aliphatic rings. The normalized spacial score (nSPS) is 17.7. The van der Waals surface area contributed by atoms with E-state index in [0.717, 1.165) is 28.6 Å². The molecule has 22 heavy (non-hydrogen) atoms. The van der Waals surface area contributed by atoms with Crippen molar-refractivity contribution in [3.8, 4) is 5.75 Å². The van der Waals surface area contributed by atoms with Gasteiger partial charge in [0.25, 0.3) is 0 Å². The van der Waals surface area contributed by atoms with Crippen molar-refractivity contribution in [1.82, 2.24) is 10.2 Å². The van der Waals surface area contributed by atoms with Gasteiger partial charge in [0.2, 0.25) is 5.13 Å². The summed E-state index contributed by atoms with van der Waals surface area (Å²) >= 11 is 2.99. The highest BCUT2D eigenvalue weighted by molar-refractivity contribution is 8.02. The molecule has 0 radical (unpaired) electrons. The van der Waals surface area contributed by atoms with Crippen LogP contribution in [-0.2, 0) is 4.79 Å². The number of carbonyl (C=O) groups is 1. The van der Waals surface area contributed by atoms with E-state index in [4.69, 9.17) is 4.74 Å². The van der Waals surface area contributed by atoms with Crippen LogP contribution in [0.4, 0.5) is 10.8 Å². The standard InChI is InChI=1S/C15H17N3O2S2/c1-2-20-12-8-4-3-6-10(12)16-14-17-18-15(22-14)21-13-9-5-7-11(13)19/h3-4,6,8,13H,2,5,7,9H2,1H3,(H,16,17)/t13-/m1/s1. The van der Waals surface area contributed by atoms with Gasteiger partial charge in [0.05, 0.1) is 17.5 Å². The number of anilines is 2. The van der Waals surface area contributed by atoms with E-state index >= 15 is 0 Å². The van der Waals surface area contributed by atoms with Crippen molar-refractivity contribution in [2.75, 3.05) is 11.9 Å². The molecule has 1 aromatic heterocycles. The number of ether oxygens (including phenoxy) is 1. The minimum Gasteiger partial charge on any atom is -0.492 e. The van der Waals surface area contributed by atoms with Crippen molar-refractivity contribution in [2.24, 2.45) is 0 Å². The number of carbonyl (C=O) groups excluding carboxylic acids is 1. The largest absolute Gasteiger partial charge is 0.492 e. The lowest BCUT2D eigenvalue weighted by molar-refractivity contribution is -0.116. The van der Waals surface area contributed by atoms with E-state index in [1.807, 2.05) is 31.2 Å². The molecule has 3 rings (SSSR count). The zero-order valence-corrected chi connectivity index (χ0v) is 13.9. The third-order valence-electron chi connectivity index (χ3n) is 3.33. The second kappa shape index (κ2) is 7.11. The van der Waals surface area contributed by atoms with Gasteiger partial charge in [-0.25, -0.2) is 0 Å². The smallest absolute Gasteiger partial charge is 0.210 e. The Morgan fingerprint density at radius 1 is 1.41 bits per heavy atom. The zero-order chi connectivity index (χ0) is 15.4. The molecule has 1 N–H and O–H groups in total. The summed E-state index contributed by atoms with van der Waals surface area (Å²) in [6, 6.07) is 7.74. The monoisotopic (exact) mass is 335 g/mol. The second-order valence-corrected chi connectivity index (χ2v) is 7.32. The molecule has 0 amide bonds. The zero-order valence-electron chi connectivity index (χ0n) is 12.2. The molecular formula is C15H17N3O2S2. The molecule has 116 valence electrons. The third-order valence-corrected chi connectivity index (χ3v) is 5.57. The number of nitrogens with one attached hydrogen (secondary N) is 1. The maximum atomic E-state index is 11.7. The lowest BCUT2D eigenvalue weighted by atomic mass is 10.3. The van der Waals surface area contributed by atoms with Gasteiger partial charge in [-0.05, 0) is 31.9 Å². The Bertz CT molecular complexity index is 660. The van der Waals surface area contributed by atoms with Gasteiger partial charge in [-0.1, -0.05) is 35.2 Å². The van der Waals surface area contributed by atoms with Crippen molar-refractivity contribution in [1.29, 1.82) is 0 Å². The van der Waals surface area contributed by atoms with Gasteiger partial charge in [-0.15, -0.1) is 10.2 Å². The van der Waals surface area contributed by atoms with Crippen LogP contribution < -0.4 is 10.1 Å². The van der Waals surface area contributed by atoms with Crippen molar-refractivity contribution in [3.05, 3.63) is 24.3 Å². The molecule has 0 bridgehead atoms. The number of ketones is 1. The van der Waals surface area contributed by atoms with E-state index in [-0.39, 0.29) is 5.25 Å². The predicted molar refractivity (Wildman–Crippen MR) is 89.3 cm³/mol. The summed E-state index contributed by atoms with van der Waals surface area (Å²) in [5, 5.41) is 12.3. The fourth-order valence-electron chi connectivity index (χ4n) is 2.30. The fraction of sp³-hybridized carbons (Fsp3) is 0.400. The van der Waals surface area contributed by atoms with Gasteiger partial charge >= 0.3 is 0 Å². The first-order valence-electron chi connectivity index (χ1n) is 7.28. The van der Waals surface area contributed by atoms with E-state index in [1.54, 1.807) is 0 Å². The van der Waals surface area contributed by atoms with Gasteiger partial charge in [-0.2, -0.15) is 0 Å². The highest BCUT2D eigenvalue weighted by Crippen LogP contribution is 2.36. The molecule has 0 spiro atoms. The van der Waals surface area contributed by atoms with Crippen LogP contribution >= 0.6 is 23.1 Å². The van der Waals surface area contributed by atoms with Crippen LogP contribution in [0.1, 0.15) is 26.2 Å². The maximum absolute atomic E-state index is 11.7. The molecular weight excluding hydrogens is 318 g/mol. The fourth-order valence-corrected chi connectivity index (χ4v) is 4.44. The molecule has 1 fully saturated rings. The first-order valence-corrected chi connectivity index (χ1v) is 8.97. The molecule has 1 aromatic carbocycles. The van der Waals surface area contributed by atoms with Crippen LogP contribution in [-0.4, -0.2) is 27.8 Å². The molecule has 1 heterocycles. The number of thioether (sulfide) groups is 1. The van der Waals surface area contributed by atoms with E-state index in [2.05, 4.69) is 15.5 Å². The lowest BCUT2D eigenvalue weighted by Gasteiger charge is -2.09. The highest BCUT2D eigenvalue weighted by atomic mass is 32.2. The Hall–Kier alpha value is -1.60. The summed E-state index contributed by atoms with van der Waals surface area (Å²) in [4.78, 5) is 11.7. The van der Waals surface area contributed by atoms with Crippen LogP contribution in [0.25, 0.3) is 0 Å². The SMILES string of the molecule is CCOc1ccccc1Nc1nnc(S[C@@H]2CCCC2=O)s1. The molecule has 2 aromatic rings. The van der Waals surface area contributed by atoms with Gasteiger partial charge in [0.1, 0.15) is 11.5 Å². The summed E-state index contributed by atoms with van der Waals surface area (Å²) in [6.45, 7) is 2.56. The third kappa shape index (κ3) is 3.59. The van der Waals surface area contributed by atoms with Crippen LogP contribution in [0, 0.1) is 0 Å². The van der Waals surface area contributed by atoms with Crippen LogP contribution in [0.3, 0.4) is 0 Å². The van der Waals surface area contributed by atoms with Crippen molar-refractivity contribution >= 4 is 39.7 Å². The van der Waals surface area contributed by atoms with E-state index in [9.17, 15) is 4.79 Å². The van der Waals surface area contributed by atoms with Crippen LogP contribution in [0.15, 0.2) is 28.6 Å². The van der Waals surface area contributed by atoms with Crippen LogP contribution in [0.2, 0.25) is 0 Å². The molecule has 1 saturated carbocycles. The van der Waals surface area contributed by atoms with E-state index in [1.165, 1.54) is 23.1 Å². The summed E-state index contributed by atoms with van der Waals surface area (Å²) in [5.74, 6) is 1.12. The summed E-state index contributed by atoms with van der Waals surface area (Å²) in [6.07, 6.45) is 2.63. The molecule has 0 saturated heterocycles. The highest BCUT2D eigenvalue weighted by Gasteiger charge is 2.26. The second-order valence-electron chi connectivity index (χ2n) is 4.89. The minimum absolute atomic E-state index is 0.0523. The number of aromatic nitrogens is 2. The lowest BCUT2D eigenvalue weighted by Crippen LogP contribution is -2.07. The number of hydrogen-bond acceptors (Lipinski definition) is 7. The van der Waals surface area contributed by atoms with Gasteiger partial charge in [0.15, 0.2) is 4.34 Å². The van der Waals surface area contributed by atoms with Gasteiger partial charge < -0.3 is 10.1 Å². The van der Waals surface area contributed by atoms with Crippen molar-refractivity contribution in [3.63, 3.8) is 0 Å². The first-order chi connectivity index (χ1) is 10.8. The van der Waals surface area contributed by atoms with Crippen molar-refractivity contribution in [2.45, 2.75) is 35.8 Å². The first kappa shape index (κ1) is 15.3. The molecule has 1 atom stereocenters. The number of rotatable bonds is 6. The number of para-hydroxylation sites is 2. The Kier molecular flexibility index (Phi) is 4.94. The topological polar surface area (TPSA) is 64.1 Å². The Morgan fingerprint density at radius 3 is 3.05 bits per heavy atom. The molecule has 1 aliphatic carbocycles. The summed E-state index contributed by atoms with van der Waals surface area (Å²) in [7, 11) is 0. The summed E-state index contributed by atoms with van der Waals surface area (Å²) in [5.41, 5.74) is 0.869. The maximum Gasteiger partial charge on any atom is 0.210 e. The molecule has 5 nitrogen and oxygen atoms in total. The number of benzene rings is 1. The molecule has 0 aliphatic heterocycles. The number of hydrogen-bond donors (Lipinski definition) is 1. The average molecular weight is 335 g/mol. The van der Waals surface area contributed by atoms with E-state index < -0.39 is 0 Å². The van der Waals surface area contributed by atoms with Crippen LogP contribution in [0.5, 0.6) is 5.75 Å². The Morgan fingerprint density at radius 2 is 2.27 bits per heavy atom. The molecule has 7 heteroatoms. The quantitative estimate of drug-likeness (QED) is 0.864. The Balaban J connectivity index is 1.68. The van der Waals surface area contributed by atoms with Gasteiger partial charge in [0, 0.05) is 6.42 Å². The summed E-state index contributed by atoms with van der Waals surface area (Å²) < 4.78 is 6.41. The van der Waals surface area contributed by atoms with Gasteiger partial charge in [-0.3, -0.25) is 4.79 Å². The average Bonchev–Trinajstić information content (AvgIpc) is 3.12. The number of Topliss-reactive ketones (excluding diaryl/α,β-unsaturated/α-hetero) is 1. The molecule has 0 unspecified atom stereocenters.